The van der Waals surface area contributed by atoms with Gasteiger partial charge in [-0.2, -0.15) is 5.10 Å². The van der Waals surface area contributed by atoms with E-state index in [0.717, 1.165) is 18.5 Å². The molecule has 0 spiro atoms. The number of hydrogen-bond acceptors (Lipinski definition) is 5. The first-order chi connectivity index (χ1) is 11.5. The standard InChI is InChI=1S/C16H20N6O2/c1-11(23)18-9-13-5-6-17-15(20-13)14-4-3-7-22(14)16(24)12-8-19-21(2)10-12/h5-6,8,10,14H,3-4,7,9H2,1-2H3,(H,18,23)/t14-/m0/s1. The number of hydrogen-bond donors (Lipinski definition) is 1. The van der Waals surface area contributed by atoms with Crippen molar-refractivity contribution in [2.45, 2.75) is 32.4 Å². The highest BCUT2D eigenvalue weighted by Gasteiger charge is 2.33. The Labute approximate surface area is 139 Å². The van der Waals surface area contributed by atoms with Crippen LogP contribution in [0.15, 0.2) is 24.7 Å². The average Bonchev–Trinajstić information content (AvgIpc) is 3.21. The molecule has 24 heavy (non-hydrogen) atoms. The molecule has 1 aliphatic heterocycles. The van der Waals surface area contributed by atoms with Gasteiger partial charge in [-0.1, -0.05) is 0 Å². The lowest BCUT2D eigenvalue weighted by Crippen LogP contribution is -2.31. The number of carbonyl (C=O) groups is 2. The highest BCUT2D eigenvalue weighted by atomic mass is 16.2. The third-order valence-electron chi connectivity index (χ3n) is 4.01. The fourth-order valence-corrected chi connectivity index (χ4v) is 2.86. The van der Waals surface area contributed by atoms with Crippen LogP contribution in [0.2, 0.25) is 0 Å². The molecule has 126 valence electrons. The minimum atomic E-state index is -0.144. The Morgan fingerprint density at radius 3 is 2.96 bits per heavy atom. The van der Waals surface area contributed by atoms with Crippen molar-refractivity contribution in [1.82, 2.24) is 30.0 Å². The molecule has 8 heteroatoms. The number of nitrogens with one attached hydrogen (secondary N) is 1. The van der Waals surface area contributed by atoms with Crippen LogP contribution >= 0.6 is 0 Å². The van der Waals surface area contributed by atoms with Gasteiger partial charge in [-0.15, -0.1) is 0 Å². The normalized spacial score (nSPS) is 17.1. The summed E-state index contributed by atoms with van der Waals surface area (Å²) in [5, 5.41) is 6.78. The molecule has 0 radical (unpaired) electrons. The van der Waals surface area contributed by atoms with Gasteiger partial charge in [0, 0.05) is 32.9 Å². The van der Waals surface area contributed by atoms with Crippen molar-refractivity contribution < 1.29 is 9.59 Å². The molecule has 0 aliphatic carbocycles. The van der Waals surface area contributed by atoms with Crippen molar-refractivity contribution >= 4 is 11.8 Å². The largest absolute Gasteiger partial charge is 0.351 e. The van der Waals surface area contributed by atoms with E-state index in [1.54, 1.807) is 41.3 Å². The van der Waals surface area contributed by atoms with Crippen molar-refractivity contribution in [3.63, 3.8) is 0 Å². The van der Waals surface area contributed by atoms with E-state index < -0.39 is 0 Å². The van der Waals surface area contributed by atoms with E-state index in [4.69, 9.17) is 0 Å². The van der Waals surface area contributed by atoms with Crippen molar-refractivity contribution in [2.75, 3.05) is 6.54 Å². The molecule has 2 aromatic heterocycles. The summed E-state index contributed by atoms with van der Waals surface area (Å²) in [7, 11) is 1.78. The molecule has 1 aliphatic rings. The molecule has 0 bridgehead atoms. The first-order valence-electron chi connectivity index (χ1n) is 7.90. The van der Waals surface area contributed by atoms with Crippen molar-refractivity contribution in [3.8, 4) is 0 Å². The highest BCUT2D eigenvalue weighted by Crippen LogP contribution is 2.31. The van der Waals surface area contributed by atoms with Crippen molar-refractivity contribution in [3.05, 3.63) is 41.7 Å². The van der Waals surface area contributed by atoms with Gasteiger partial charge in [0.05, 0.1) is 30.0 Å². The Morgan fingerprint density at radius 1 is 1.42 bits per heavy atom. The van der Waals surface area contributed by atoms with Gasteiger partial charge in [0.1, 0.15) is 0 Å². The van der Waals surface area contributed by atoms with Crippen LogP contribution in [0.5, 0.6) is 0 Å². The molecule has 2 aromatic rings. The zero-order valence-corrected chi connectivity index (χ0v) is 13.8. The molecule has 8 nitrogen and oxygen atoms in total. The van der Waals surface area contributed by atoms with E-state index in [2.05, 4.69) is 20.4 Å². The van der Waals surface area contributed by atoms with Gasteiger partial charge >= 0.3 is 0 Å². The number of nitrogens with zero attached hydrogens (tertiary/aromatic N) is 5. The molecule has 0 unspecified atom stereocenters. The first kappa shape index (κ1) is 16.1. The van der Waals surface area contributed by atoms with Crippen LogP contribution in [-0.2, 0) is 18.4 Å². The Balaban J connectivity index is 1.79. The van der Waals surface area contributed by atoms with E-state index in [0.29, 0.717) is 24.5 Å². The number of carbonyl (C=O) groups excluding carboxylic acids is 2. The van der Waals surface area contributed by atoms with Crippen molar-refractivity contribution in [1.29, 1.82) is 0 Å². The molecule has 0 aromatic carbocycles. The lowest BCUT2D eigenvalue weighted by molar-refractivity contribution is -0.119. The smallest absolute Gasteiger partial charge is 0.257 e. The quantitative estimate of drug-likeness (QED) is 0.897. The van der Waals surface area contributed by atoms with Crippen LogP contribution in [0, 0.1) is 0 Å². The second-order valence-electron chi connectivity index (χ2n) is 5.88. The summed E-state index contributed by atoms with van der Waals surface area (Å²) in [6, 6.07) is 1.62. The number of likely N-dealkylation sites (tertiary alicyclic amines) is 1. The van der Waals surface area contributed by atoms with Crippen LogP contribution in [0.25, 0.3) is 0 Å². The summed E-state index contributed by atoms with van der Waals surface area (Å²) in [4.78, 5) is 34.4. The number of aryl methyl sites for hydroxylation is 1. The molecule has 3 rings (SSSR count). The number of amides is 2. The van der Waals surface area contributed by atoms with Gasteiger partial charge in [0.25, 0.3) is 5.91 Å². The lowest BCUT2D eigenvalue weighted by atomic mass is 10.2. The second-order valence-corrected chi connectivity index (χ2v) is 5.88. The minimum absolute atomic E-state index is 0.0542. The lowest BCUT2D eigenvalue weighted by Gasteiger charge is -2.23. The van der Waals surface area contributed by atoms with E-state index in [1.165, 1.54) is 6.92 Å². The van der Waals surface area contributed by atoms with Crippen LogP contribution in [0.4, 0.5) is 0 Å². The Kier molecular flexibility index (Phi) is 4.54. The van der Waals surface area contributed by atoms with Gasteiger partial charge < -0.3 is 10.2 Å². The Hall–Kier alpha value is -2.77. The summed E-state index contributed by atoms with van der Waals surface area (Å²) in [5.74, 6) is 0.457. The molecular formula is C16H20N6O2. The van der Waals surface area contributed by atoms with Gasteiger partial charge in [0.15, 0.2) is 5.82 Å². The predicted molar refractivity (Wildman–Crippen MR) is 85.8 cm³/mol. The summed E-state index contributed by atoms with van der Waals surface area (Å²) in [6.07, 6.45) is 6.70. The summed E-state index contributed by atoms with van der Waals surface area (Å²) in [6.45, 7) is 2.50. The van der Waals surface area contributed by atoms with Crippen LogP contribution in [0.1, 0.15) is 47.7 Å². The molecule has 0 saturated carbocycles. The molecule has 1 fully saturated rings. The second kappa shape index (κ2) is 6.77. The fourth-order valence-electron chi connectivity index (χ4n) is 2.86. The molecule has 1 saturated heterocycles. The van der Waals surface area contributed by atoms with E-state index in [1.807, 2.05) is 0 Å². The first-order valence-corrected chi connectivity index (χ1v) is 7.90. The van der Waals surface area contributed by atoms with Gasteiger partial charge in [-0.25, -0.2) is 9.97 Å². The highest BCUT2D eigenvalue weighted by molar-refractivity contribution is 5.94. The van der Waals surface area contributed by atoms with Gasteiger partial charge in [-0.3, -0.25) is 14.3 Å². The number of aromatic nitrogens is 4. The summed E-state index contributed by atoms with van der Waals surface area (Å²) in [5.41, 5.74) is 1.30. The molecule has 1 atom stereocenters. The van der Waals surface area contributed by atoms with Crippen molar-refractivity contribution in [2.24, 2.45) is 7.05 Å². The monoisotopic (exact) mass is 328 g/mol. The SMILES string of the molecule is CC(=O)NCc1ccnc([C@@H]2CCCN2C(=O)c2cnn(C)c2)n1. The maximum atomic E-state index is 12.7. The molecule has 3 heterocycles. The fraction of sp³-hybridized carbons (Fsp3) is 0.438. The van der Waals surface area contributed by atoms with Gasteiger partial charge in [-0.05, 0) is 18.9 Å². The van der Waals surface area contributed by atoms with Crippen LogP contribution in [-0.4, -0.2) is 43.0 Å². The minimum Gasteiger partial charge on any atom is -0.351 e. The van der Waals surface area contributed by atoms with E-state index in [9.17, 15) is 9.59 Å². The predicted octanol–water partition coefficient (Wildman–Crippen LogP) is 0.823. The molecule has 2 amide bonds. The maximum absolute atomic E-state index is 12.7. The average molecular weight is 328 g/mol. The molecule has 1 N–H and O–H groups in total. The third kappa shape index (κ3) is 3.42. The number of rotatable bonds is 4. The topological polar surface area (TPSA) is 93.0 Å². The van der Waals surface area contributed by atoms with Crippen LogP contribution in [0.3, 0.4) is 0 Å². The Morgan fingerprint density at radius 2 is 2.25 bits per heavy atom. The zero-order valence-electron chi connectivity index (χ0n) is 13.8. The maximum Gasteiger partial charge on any atom is 0.257 e. The summed E-state index contributed by atoms with van der Waals surface area (Å²) >= 11 is 0. The van der Waals surface area contributed by atoms with Crippen LogP contribution < -0.4 is 5.32 Å². The van der Waals surface area contributed by atoms with Gasteiger partial charge in [0.2, 0.25) is 5.91 Å². The zero-order chi connectivity index (χ0) is 17.1. The Bertz CT molecular complexity index is 757. The third-order valence-corrected chi connectivity index (χ3v) is 4.01. The summed E-state index contributed by atoms with van der Waals surface area (Å²) < 4.78 is 1.61. The molecular weight excluding hydrogens is 308 g/mol. The van der Waals surface area contributed by atoms with E-state index in [-0.39, 0.29) is 17.9 Å². The van der Waals surface area contributed by atoms with E-state index >= 15 is 0 Å².